The summed E-state index contributed by atoms with van der Waals surface area (Å²) in [5.41, 5.74) is 0.441. The number of pyridine rings is 1. The zero-order valence-electron chi connectivity index (χ0n) is 15.5. The lowest BCUT2D eigenvalue weighted by atomic mass is 10.0. The van der Waals surface area contributed by atoms with Gasteiger partial charge in [0.25, 0.3) is 0 Å². The summed E-state index contributed by atoms with van der Waals surface area (Å²) >= 11 is 0. The van der Waals surface area contributed by atoms with E-state index in [0.29, 0.717) is 31.3 Å². The van der Waals surface area contributed by atoms with Crippen LogP contribution in [0.3, 0.4) is 0 Å². The van der Waals surface area contributed by atoms with Crippen molar-refractivity contribution >= 4 is 10.0 Å². The molecule has 7 nitrogen and oxygen atoms in total. The summed E-state index contributed by atoms with van der Waals surface area (Å²) in [6.45, 7) is 2.46. The maximum atomic E-state index is 12.8. The number of rotatable bonds is 3. The molecule has 0 radical (unpaired) electrons. The summed E-state index contributed by atoms with van der Waals surface area (Å²) in [5, 5.41) is 0. The first-order chi connectivity index (χ1) is 12.9. The van der Waals surface area contributed by atoms with E-state index in [9.17, 15) is 8.42 Å². The van der Waals surface area contributed by atoms with Gasteiger partial charge in [-0.25, -0.2) is 13.4 Å². The number of methoxy groups -OCH3 is 1. The van der Waals surface area contributed by atoms with Gasteiger partial charge in [0.05, 0.1) is 13.7 Å². The molecule has 0 saturated carbocycles. The van der Waals surface area contributed by atoms with Gasteiger partial charge in [-0.3, -0.25) is 4.90 Å². The third kappa shape index (κ3) is 3.28. The number of likely N-dealkylation sites (tertiary alicyclic amines) is 1. The van der Waals surface area contributed by atoms with Crippen molar-refractivity contribution in [2.45, 2.75) is 23.5 Å². The maximum Gasteiger partial charge on any atom is 0.246 e. The van der Waals surface area contributed by atoms with Crippen molar-refractivity contribution in [1.29, 1.82) is 0 Å². The number of sulfonamides is 1. The maximum absolute atomic E-state index is 12.8. The van der Waals surface area contributed by atoms with Gasteiger partial charge >= 0.3 is 0 Å². The number of hydrogen-bond donors (Lipinski definition) is 0. The molecule has 0 unspecified atom stereocenters. The molecule has 2 aliphatic rings. The molecule has 8 heteroatoms. The second-order valence-corrected chi connectivity index (χ2v) is 9.14. The Morgan fingerprint density at radius 1 is 1.22 bits per heavy atom. The lowest BCUT2D eigenvalue weighted by Gasteiger charge is -2.30. The summed E-state index contributed by atoms with van der Waals surface area (Å²) in [5.74, 6) is 1.05. The number of para-hydroxylation sites is 1. The normalized spacial score (nSPS) is 25.0. The molecule has 2 aromatic rings. The van der Waals surface area contributed by atoms with E-state index in [2.05, 4.69) is 9.88 Å². The minimum Gasteiger partial charge on any atom is -0.483 e. The van der Waals surface area contributed by atoms with Gasteiger partial charge in [-0.1, -0.05) is 18.2 Å². The average Bonchev–Trinajstić information content (AvgIpc) is 3.01. The molecule has 1 aromatic carbocycles. The van der Waals surface area contributed by atoms with E-state index in [4.69, 9.17) is 9.47 Å². The molecule has 27 heavy (non-hydrogen) atoms. The van der Waals surface area contributed by atoms with Crippen LogP contribution in [0, 0.1) is 0 Å². The molecule has 1 spiro atoms. The van der Waals surface area contributed by atoms with Crippen LogP contribution in [-0.4, -0.2) is 62.0 Å². The first-order valence-corrected chi connectivity index (χ1v) is 10.3. The predicted octanol–water partition coefficient (Wildman–Crippen LogP) is 1.75. The van der Waals surface area contributed by atoms with Gasteiger partial charge < -0.3 is 9.47 Å². The molecule has 144 valence electrons. The van der Waals surface area contributed by atoms with Crippen LogP contribution in [0.5, 0.6) is 11.6 Å². The van der Waals surface area contributed by atoms with E-state index in [0.717, 1.165) is 18.5 Å². The number of nitrogens with zero attached hydrogens (tertiary/aromatic N) is 3. The Bertz CT molecular complexity index is 949. The van der Waals surface area contributed by atoms with Crippen LogP contribution in [0.4, 0.5) is 0 Å². The highest BCUT2D eigenvalue weighted by Crippen LogP contribution is 2.38. The highest BCUT2D eigenvalue weighted by Gasteiger charge is 2.46. The fourth-order valence-corrected chi connectivity index (χ4v) is 5.27. The lowest BCUT2D eigenvalue weighted by molar-refractivity contribution is 0.0622. The zero-order valence-corrected chi connectivity index (χ0v) is 16.3. The van der Waals surface area contributed by atoms with Gasteiger partial charge in [0.2, 0.25) is 15.9 Å². The lowest BCUT2D eigenvalue weighted by Crippen LogP contribution is -2.47. The smallest absolute Gasteiger partial charge is 0.246 e. The van der Waals surface area contributed by atoms with Gasteiger partial charge in [-0.2, -0.15) is 4.31 Å². The monoisotopic (exact) mass is 389 g/mol. The second-order valence-electron chi connectivity index (χ2n) is 7.13. The molecule has 0 amide bonds. The largest absolute Gasteiger partial charge is 0.483 e. The molecule has 1 fully saturated rings. The van der Waals surface area contributed by atoms with Crippen LogP contribution in [0.25, 0.3) is 0 Å². The van der Waals surface area contributed by atoms with Gasteiger partial charge in [0.1, 0.15) is 16.2 Å². The van der Waals surface area contributed by atoms with Crippen LogP contribution in [0.15, 0.2) is 47.5 Å². The molecule has 0 N–H and O–H groups in total. The summed E-state index contributed by atoms with van der Waals surface area (Å²) in [7, 11) is -0.314. The summed E-state index contributed by atoms with van der Waals surface area (Å²) in [6.07, 6.45) is 2.46. The van der Waals surface area contributed by atoms with Gasteiger partial charge in [0.15, 0.2) is 0 Å². The Hall–Kier alpha value is -2.16. The highest BCUT2D eigenvalue weighted by molar-refractivity contribution is 7.89. The van der Waals surface area contributed by atoms with Gasteiger partial charge in [0, 0.05) is 44.9 Å². The van der Waals surface area contributed by atoms with Gasteiger partial charge in [-0.05, 0) is 18.2 Å². The molecule has 0 aliphatic carbocycles. The predicted molar refractivity (Wildman–Crippen MR) is 100 cm³/mol. The van der Waals surface area contributed by atoms with Crippen molar-refractivity contribution in [2.24, 2.45) is 0 Å². The van der Waals surface area contributed by atoms with E-state index < -0.39 is 15.6 Å². The molecule has 1 aromatic heterocycles. The second kappa shape index (κ2) is 6.78. The molecule has 2 aliphatic heterocycles. The SMILES string of the molecule is COc1ncccc1CN1CC[C@]2(C1)CN(C)S(=O)(=O)c1ccccc1O2. The average molecular weight is 389 g/mol. The zero-order chi connectivity index (χ0) is 19.1. The third-order valence-corrected chi connectivity index (χ3v) is 7.05. The van der Waals surface area contributed by atoms with Crippen LogP contribution in [0.1, 0.15) is 12.0 Å². The standard InChI is InChI=1S/C19H23N3O4S/c1-21-13-19(26-16-7-3-4-8-17(16)27(21,23)24)9-11-22(14-19)12-15-6-5-10-20-18(15)25-2/h3-8,10H,9,11-14H2,1-2H3/t19-/m1/s1. The Morgan fingerprint density at radius 2 is 2.04 bits per heavy atom. The molecular weight excluding hydrogens is 366 g/mol. The van der Waals surface area contributed by atoms with Crippen LogP contribution in [0.2, 0.25) is 0 Å². The number of likely N-dealkylation sites (N-methyl/N-ethyl adjacent to an activating group) is 1. The van der Waals surface area contributed by atoms with E-state index in [1.165, 1.54) is 4.31 Å². The van der Waals surface area contributed by atoms with Gasteiger partial charge in [-0.15, -0.1) is 0 Å². The van der Waals surface area contributed by atoms with E-state index in [-0.39, 0.29) is 4.90 Å². The van der Waals surface area contributed by atoms with E-state index >= 15 is 0 Å². The Labute approximate surface area is 159 Å². The Morgan fingerprint density at radius 3 is 2.85 bits per heavy atom. The van der Waals surface area contributed by atoms with Crippen molar-refractivity contribution in [3.63, 3.8) is 0 Å². The van der Waals surface area contributed by atoms with Crippen LogP contribution in [-0.2, 0) is 16.6 Å². The summed E-state index contributed by atoms with van der Waals surface area (Å²) in [4.78, 5) is 6.74. The van der Waals surface area contributed by atoms with Crippen molar-refractivity contribution in [1.82, 2.24) is 14.2 Å². The molecule has 4 rings (SSSR count). The molecule has 0 bridgehead atoms. The fourth-order valence-electron chi connectivity index (χ4n) is 3.92. The van der Waals surface area contributed by atoms with E-state index in [1.54, 1.807) is 44.6 Å². The van der Waals surface area contributed by atoms with Crippen LogP contribution >= 0.6 is 0 Å². The third-order valence-electron chi connectivity index (χ3n) is 5.21. The number of hydrogen-bond acceptors (Lipinski definition) is 6. The number of fused-ring (bicyclic) bond motifs is 1. The molecule has 3 heterocycles. The van der Waals surface area contributed by atoms with Crippen LogP contribution < -0.4 is 9.47 Å². The minimum absolute atomic E-state index is 0.233. The summed E-state index contributed by atoms with van der Waals surface area (Å²) < 4.78 is 38.7. The van der Waals surface area contributed by atoms with Crippen molar-refractivity contribution in [2.75, 3.05) is 33.8 Å². The minimum atomic E-state index is -3.55. The van der Waals surface area contributed by atoms with Crippen molar-refractivity contribution in [3.8, 4) is 11.6 Å². The number of ether oxygens (including phenoxy) is 2. The van der Waals surface area contributed by atoms with Crippen molar-refractivity contribution < 1.29 is 17.9 Å². The highest BCUT2D eigenvalue weighted by atomic mass is 32.2. The first-order valence-electron chi connectivity index (χ1n) is 8.88. The first kappa shape index (κ1) is 18.2. The number of aromatic nitrogens is 1. The Balaban J connectivity index is 1.60. The number of benzene rings is 1. The molecule has 1 atom stereocenters. The van der Waals surface area contributed by atoms with Crippen molar-refractivity contribution in [3.05, 3.63) is 48.2 Å². The molecule has 1 saturated heterocycles. The molecular formula is C19H23N3O4S. The quantitative estimate of drug-likeness (QED) is 0.796. The Kier molecular flexibility index (Phi) is 4.57. The summed E-state index contributed by atoms with van der Waals surface area (Å²) in [6, 6.07) is 10.8. The van der Waals surface area contributed by atoms with E-state index in [1.807, 2.05) is 12.1 Å². The fraction of sp³-hybridized carbons (Fsp3) is 0.421. The topological polar surface area (TPSA) is 72.0 Å².